The molecule has 2 heterocycles. The van der Waals surface area contributed by atoms with E-state index in [1.54, 1.807) is 25.1 Å². The number of anilines is 2. The van der Waals surface area contributed by atoms with E-state index in [9.17, 15) is 17.6 Å². The van der Waals surface area contributed by atoms with Crippen LogP contribution in [0.25, 0.3) is 0 Å². The first kappa shape index (κ1) is 36.6. The molecule has 1 aromatic carbocycles. The fourth-order valence-electron chi connectivity index (χ4n) is 3.09. The van der Waals surface area contributed by atoms with Crippen LogP contribution in [0.1, 0.15) is 58.5 Å². The third-order valence-electron chi connectivity index (χ3n) is 6.04. The molecule has 2 aromatic rings. The van der Waals surface area contributed by atoms with E-state index in [-0.39, 0.29) is 12.5 Å². The molecule has 1 aromatic heterocycles. The Morgan fingerprint density at radius 2 is 1.88 bits per heavy atom. The zero-order chi connectivity index (χ0) is 31.7. The Balaban J connectivity index is 0.000000532. The van der Waals surface area contributed by atoms with Gasteiger partial charge in [0.15, 0.2) is 6.17 Å². The molecular weight excluding hydrogens is 550 g/mol. The highest BCUT2D eigenvalue weighted by molar-refractivity contribution is 5.91. The number of alkyl halides is 4. The average Bonchev–Trinajstić information content (AvgIpc) is 2.96. The van der Waals surface area contributed by atoms with Crippen molar-refractivity contribution >= 4 is 29.8 Å². The minimum atomic E-state index is -4.41. The Kier molecular flexibility index (Phi) is 16.5. The molecule has 0 aliphatic carbocycles. The highest BCUT2D eigenvalue weighted by Crippen LogP contribution is 2.31. The zero-order valence-electron chi connectivity index (χ0n) is 25.8. The van der Waals surface area contributed by atoms with Crippen LogP contribution in [-0.2, 0) is 10.9 Å². The number of halogens is 4. The first-order valence-electron chi connectivity index (χ1n) is 14.1. The standard InChI is InChI=1S/C18H16F4N6.C10H23NO.C2H6/c1-11-16(27-14-4-2-3-12(7-14)18(20,21)22)6-5-15(26-11)10-25-28-17-23-8-13(19)9-24-17;1-6-11(5)7-8-12-10(4)9(2)3;1-2/h2-8,10,13,27H,9H2,1H3,(H,24,28);9-10H,6-8H2,1-5H3;1-2H3/b25-10+;;. The topological polar surface area (TPSA) is 86.5 Å². The Hall–Kier alpha value is -3.38. The van der Waals surface area contributed by atoms with E-state index in [0.717, 1.165) is 38.0 Å². The lowest BCUT2D eigenvalue weighted by molar-refractivity contribution is -0.137. The fourth-order valence-corrected chi connectivity index (χ4v) is 3.09. The van der Waals surface area contributed by atoms with Crippen LogP contribution in [0.4, 0.5) is 28.9 Å². The number of rotatable bonds is 10. The quantitative estimate of drug-likeness (QED) is 0.178. The van der Waals surface area contributed by atoms with Crippen LogP contribution in [-0.4, -0.2) is 73.8 Å². The van der Waals surface area contributed by atoms with Crippen molar-refractivity contribution in [3.8, 4) is 0 Å². The largest absolute Gasteiger partial charge is 0.416 e. The Morgan fingerprint density at radius 3 is 2.45 bits per heavy atom. The predicted molar refractivity (Wildman–Crippen MR) is 165 cm³/mol. The molecule has 2 N–H and O–H groups in total. The Bertz CT molecular complexity index is 1150. The van der Waals surface area contributed by atoms with E-state index in [0.29, 0.717) is 34.8 Å². The molecule has 1 aliphatic heterocycles. The molecular formula is C30H45F4N7O. The van der Waals surface area contributed by atoms with Crippen LogP contribution in [0, 0.1) is 12.8 Å². The number of hydrogen-bond acceptors (Lipinski definition) is 8. The van der Waals surface area contributed by atoms with Gasteiger partial charge in [0, 0.05) is 18.4 Å². The van der Waals surface area contributed by atoms with E-state index in [1.807, 2.05) is 13.8 Å². The number of aliphatic imine (C=N–C) groups is 2. The number of nitrogens with zero attached hydrogens (tertiary/aromatic N) is 5. The molecule has 0 amide bonds. The van der Waals surface area contributed by atoms with Gasteiger partial charge in [-0.2, -0.15) is 18.3 Å². The van der Waals surface area contributed by atoms with Crippen molar-refractivity contribution in [2.24, 2.45) is 21.0 Å². The van der Waals surface area contributed by atoms with Gasteiger partial charge in [-0.15, -0.1) is 0 Å². The van der Waals surface area contributed by atoms with Crippen LogP contribution < -0.4 is 10.7 Å². The maximum absolute atomic E-state index is 12.9. The van der Waals surface area contributed by atoms with Gasteiger partial charge in [-0.1, -0.05) is 40.7 Å². The second-order valence-electron chi connectivity index (χ2n) is 9.62. The minimum Gasteiger partial charge on any atom is -0.377 e. The molecule has 0 bridgehead atoms. The molecule has 12 heteroatoms. The normalized spacial score (nSPS) is 15.5. The van der Waals surface area contributed by atoms with Crippen molar-refractivity contribution in [3.05, 3.63) is 53.3 Å². The number of hydrogen-bond donors (Lipinski definition) is 2. The van der Waals surface area contributed by atoms with Crippen LogP contribution in [0.15, 0.2) is 51.5 Å². The summed E-state index contributed by atoms with van der Waals surface area (Å²) in [6, 6.07) is 8.26. The number of pyridine rings is 1. The molecule has 0 saturated heterocycles. The van der Waals surface area contributed by atoms with Gasteiger partial charge in [0.1, 0.15) is 0 Å². The van der Waals surface area contributed by atoms with Crippen molar-refractivity contribution in [2.45, 2.75) is 66.9 Å². The molecule has 0 spiro atoms. The van der Waals surface area contributed by atoms with E-state index in [2.05, 4.69) is 70.5 Å². The van der Waals surface area contributed by atoms with Crippen molar-refractivity contribution < 1.29 is 22.3 Å². The van der Waals surface area contributed by atoms with Gasteiger partial charge < -0.3 is 15.0 Å². The summed E-state index contributed by atoms with van der Waals surface area (Å²) in [5.74, 6) is 0.821. The lowest BCUT2D eigenvalue weighted by atomic mass is 10.1. The lowest BCUT2D eigenvalue weighted by Gasteiger charge is -2.19. The summed E-state index contributed by atoms with van der Waals surface area (Å²) >= 11 is 0. The van der Waals surface area contributed by atoms with Gasteiger partial charge in [-0.25, -0.2) is 24.8 Å². The number of aromatic nitrogens is 1. The number of guanidine groups is 1. The first-order valence-corrected chi connectivity index (χ1v) is 14.1. The molecule has 2 atom stereocenters. The molecule has 234 valence electrons. The van der Waals surface area contributed by atoms with Gasteiger partial charge in [0.25, 0.3) is 0 Å². The van der Waals surface area contributed by atoms with Gasteiger partial charge in [0.2, 0.25) is 5.96 Å². The maximum Gasteiger partial charge on any atom is 0.416 e. The van der Waals surface area contributed by atoms with Crippen LogP contribution in [0.3, 0.4) is 0 Å². The molecule has 2 unspecified atom stereocenters. The van der Waals surface area contributed by atoms with Crippen molar-refractivity contribution in [2.75, 3.05) is 38.6 Å². The number of hydrazone groups is 1. The number of likely N-dealkylation sites (N-methyl/N-ethyl adjacent to an activating group) is 1. The SMILES string of the molecule is CC.CCN(C)CCOC(C)C(C)C.Cc1nc(/C=N/NC2=NCC(F)C=N2)ccc1Nc1cccc(C(F)(F)F)c1. The van der Waals surface area contributed by atoms with Crippen molar-refractivity contribution in [1.82, 2.24) is 15.3 Å². The Morgan fingerprint density at radius 1 is 1.17 bits per heavy atom. The second-order valence-corrected chi connectivity index (χ2v) is 9.62. The highest BCUT2D eigenvalue weighted by Gasteiger charge is 2.30. The maximum atomic E-state index is 12.9. The van der Waals surface area contributed by atoms with E-state index in [1.165, 1.54) is 12.3 Å². The number of benzene rings is 1. The van der Waals surface area contributed by atoms with Gasteiger partial charge in [-0.3, -0.25) is 0 Å². The molecule has 8 nitrogen and oxygen atoms in total. The summed E-state index contributed by atoms with van der Waals surface area (Å²) in [5, 5.41) is 6.86. The van der Waals surface area contributed by atoms with Crippen LogP contribution in [0.5, 0.6) is 0 Å². The fraction of sp³-hybridized carbons (Fsp3) is 0.533. The smallest absolute Gasteiger partial charge is 0.377 e. The second kappa shape index (κ2) is 18.9. The molecule has 42 heavy (non-hydrogen) atoms. The van der Waals surface area contributed by atoms with Gasteiger partial charge in [0.05, 0.1) is 48.1 Å². The number of ether oxygens (including phenoxy) is 1. The van der Waals surface area contributed by atoms with Crippen LogP contribution in [0.2, 0.25) is 0 Å². The number of nitrogens with one attached hydrogen (secondary N) is 2. The summed E-state index contributed by atoms with van der Waals surface area (Å²) in [5.41, 5.74) is 3.82. The summed E-state index contributed by atoms with van der Waals surface area (Å²) in [4.78, 5) is 14.2. The summed E-state index contributed by atoms with van der Waals surface area (Å²) < 4.78 is 56.9. The van der Waals surface area contributed by atoms with E-state index >= 15 is 0 Å². The zero-order valence-corrected chi connectivity index (χ0v) is 25.8. The Labute approximate surface area is 247 Å². The summed E-state index contributed by atoms with van der Waals surface area (Å²) in [6.07, 6.45) is -2.64. The van der Waals surface area contributed by atoms with Gasteiger partial charge >= 0.3 is 6.18 Å². The highest BCUT2D eigenvalue weighted by atomic mass is 19.4. The van der Waals surface area contributed by atoms with Crippen molar-refractivity contribution in [1.29, 1.82) is 0 Å². The first-order chi connectivity index (χ1) is 19.9. The van der Waals surface area contributed by atoms with Crippen molar-refractivity contribution in [3.63, 3.8) is 0 Å². The van der Waals surface area contributed by atoms with Crippen LogP contribution >= 0.6 is 0 Å². The molecule has 0 saturated carbocycles. The lowest BCUT2D eigenvalue weighted by Crippen LogP contribution is -2.26. The number of aryl methyl sites for hydroxylation is 1. The van der Waals surface area contributed by atoms with Gasteiger partial charge in [-0.05, 0) is 63.7 Å². The third kappa shape index (κ3) is 14.0. The molecule has 0 radical (unpaired) electrons. The monoisotopic (exact) mass is 595 g/mol. The predicted octanol–water partition coefficient (Wildman–Crippen LogP) is 6.88. The van der Waals surface area contributed by atoms with E-state index in [4.69, 9.17) is 4.74 Å². The molecule has 3 rings (SSSR count). The minimum absolute atomic E-state index is 0.00534. The third-order valence-corrected chi connectivity index (χ3v) is 6.04. The average molecular weight is 596 g/mol. The molecule has 1 aliphatic rings. The summed E-state index contributed by atoms with van der Waals surface area (Å²) in [7, 11) is 2.11. The molecule has 0 fully saturated rings. The summed E-state index contributed by atoms with van der Waals surface area (Å²) in [6.45, 7) is 17.4. The van der Waals surface area contributed by atoms with E-state index < -0.39 is 17.9 Å².